The fourth-order valence-corrected chi connectivity index (χ4v) is 2.91. The Hall–Kier alpha value is -4.22. The maximum atomic E-state index is 11.3. The second-order valence-electron chi connectivity index (χ2n) is 6.82. The summed E-state index contributed by atoms with van der Waals surface area (Å²) in [4.78, 5) is 43.7. The molecular weight excluding hydrogens is 408 g/mol. The van der Waals surface area contributed by atoms with Crippen LogP contribution in [-0.4, -0.2) is 34.2 Å². The van der Waals surface area contributed by atoms with E-state index in [1.165, 1.54) is 24.3 Å². The van der Waals surface area contributed by atoms with Crippen molar-refractivity contribution in [1.29, 1.82) is 0 Å². The van der Waals surface area contributed by atoms with Crippen molar-refractivity contribution in [2.24, 2.45) is 11.5 Å². The topological polar surface area (TPSA) is 197 Å². The highest BCUT2D eigenvalue weighted by Gasteiger charge is 2.19. The summed E-state index contributed by atoms with van der Waals surface area (Å²) >= 11 is 0. The number of benzene rings is 2. The molecule has 1 atom stereocenters. The molecule has 2 aromatic rings. The van der Waals surface area contributed by atoms with Crippen LogP contribution in [0.3, 0.4) is 0 Å². The number of nitrogens with zero attached hydrogens (tertiary/aromatic N) is 2. The van der Waals surface area contributed by atoms with E-state index in [1.807, 2.05) is 6.92 Å². The molecule has 12 heteroatoms. The summed E-state index contributed by atoms with van der Waals surface area (Å²) in [5.41, 5.74) is 10.4. The van der Waals surface area contributed by atoms with Crippen LogP contribution in [0, 0.1) is 20.2 Å². The van der Waals surface area contributed by atoms with Crippen LogP contribution in [0.15, 0.2) is 36.4 Å². The maximum Gasteiger partial charge on any atom is 0.293 e. The van der Waals surface area contributed by atoms with E-state index in [2.05, 4.69) is 10.6 Å². The lowest BCUT2D eigenvalue weighted by Gasteiger charge is -2.16. The molecule has 0 aliphatic rings. The van der Waals surface area contributed by atoms with Crippen molar-refractivity contribution >= 4 is 34.6 Å². The largest absolute Gasteiger partial charge is 0.379 e. The van der Waals surface area contributed by atoms with E-state index < -0.39 is 21.7 Å². The number of anilines is 2. The first-order valence-corrected chi connectivity index (χ1v) is 9.27. The zero-order valence-corrected chi connectivity index (χ0v) is 16.7. The number of nitro groups is 2. The number of nitrogens with one attached hydrogen (secondary N) is 2. The van der Waals surface area contributed by atoms with Gasteiger partial charge in [0.15, 0.2) is 0 Å². The quantitative estimate of drug-likeness (QED) is 0.237. The Bertz CT molecular complexity index is 1020. The van der Waals surface area contributed by atoms with E-state index in [4.69, 9.17) is 11.5 Å². The van der Waals surface area contributed by atoms with Gasteiger partial charge in [-0.05, 0) is 44.0 Å². The third-order valence-corrected chi connectivity index (χ3v) is 4.49. The van der Waals surface area contributed by atoms with Crippen LogP contribution >= 0.6 is 0 Å². The van der Waals surface area contributed by atoms with Crippen molar-refractivity contribution in [2.75, 3.05) is 17.2 Å². The number of nitro benzene ring substituents is 2. The highest BCUT2D eigenvalue weighted by atomic mass is 16.6. The van der Waals surface area contributed by atoms with Crippen LogP contribution in [0.5, 0.6) is 0 Å². The van der Waals surface area contributed by atoms with Gasteiger partial charge >= 0.3 is 0 Å². The number of rotatable bonds is 11. The van der Waals surface area contributed by atoms with E-state index in [1.54, 1.807) is 0 Å². The lowest BCUT2D eigenvalue weighted by Crippen LogP contribution is -2.18. The molecule has 0 fully saturated rings. The summed E-state index contributed by atoms with van der Waals surface area (Å²) in [5, 5.41) is 28.5. The fraction of sp³-hybridized carbons (Fsp3) is 0.263. The lowest BCUT2D eigenvalue weighted by atomic mass is 10.1. The van der Waals surface area contributed by atoms with Gasteiger partial charge in [-0.3, -0.25) is 29.8 Å². The molecule has 0 aliphatic carbocycles. The number of carbonyl (C=O) groups excluding carboxylic acids is 2. The molecule has 31 heavy (non-hydrogen) atoms. The molecule has 0 saturated carbocycles. The summed E-state index contributed by atoms with van der Waals surface area (Å²) in [6.07, 6.45) is 1.19. The zero-order chi connectivity index (χ0) is 23.1. The average molecular weight is 430 g/mol. The molecule has 0 aromatic heterocycles. The number of nitrogens with two attached hydrogens (primary N) is 2. The van der Waals surface area contributed by atoms with Crippen LogP contribution in [0.2, 0.25) is 0 Å². The van der Waals surface area contributed by atoms with E-state index in [0.717, 1.165) is 12.1 Å². The highest BCUT2D eigenvalue weighted by molar-refractivity contribution is 5.95. The summed E-state index contributed by atoms with van der Waals surface area (Å²) in [6, 6.07) is 7.72. The third-order valence-electron chi connectivity index (χ3n) is 4.49. The molecule has 0 heterocycles. The van der Waals surface area contributed by atoms with Crippen molar-refractivity contribution in [3.05, 3.63) is 67.8 Å². The summed E-state index contributed by atoms with van der Waals surface area (Å²) in [6.45, 7) is 2.22. The molecule has 2 rings (SSSR count). The standard InChI is InChI=1S/C19H22N6O6/c1-11(23-15-7-5-13(19(21)27)10-17(15)25(30)31)3-2-8-22-14-6-4-12(18(20)26)9-16(14)24(28)29/h4-7,9-11,22-23H,2-3,8H2,1H3,(H2,20,26)(H2,21,27). The summed E-state index contributed by atoms with van der Waals surface area (Å²) < 4.78 is 0. The molecule has 0 aliphatic heterocycles. The number of carbonyl (C=O) groups is 2. The van der Waals surface area contributed by atoms with Gasteiger partial charge in [0.2, 0.25) is 11.8 Å². The smallest absolute Gasteiger partial charge is 0.293 e. The first kappa shape index (κ1) is 23.1. The second-order valence-corrected chi connectivity index (χ2v) is 6.82. The van der Waals surface area contributed by atoms with Gasteiger partial charge in [0.25, 0.3) is 11.4 Å². The molecule has 0 spiro atoms. The molecule has 0 saturated heterocycles. The number of amides is 2. The Morgan fingerprint density at radius 2 is 1.42 bits per heavy atom. The van der Waals surface area contributed by atoms with Gasteiger partial charge in [0, 0.05) is 35.8 Å². The van der Waals surface area contributed by atoms with E-state index in [9.17, 15) is 29.8 Å². The van der Waals surface area contributed by atoms with Crippen molar-refractivity contribution in [2.45, 2.75) is 25.8 Å². The molecule has 1 unspecified atom stereocenters. The van der Waals surface area contributed by atoms with Crippen LogP contribution in [0.1, 0.15) is 40.5 Å². The third kappa shape index (κ3) is 6.13. The summed E-state index contributed by atoms with van der Waals surface area (Å²) in [7, 11) is 0. The SMILES string of the molecule is CC(CCCNc1ccc(C(N)=O)cc1[N+](=O)[O-])Nc1ccc(C(N)=O)cc1[N+](=O)[O-]. The number of hydrogen-bond acceptors (Lipinski definition) is 8. The van der Waals surface area contributed by atoms with Crippen LogP contribution in [-0.2, 0) is 0 Å². The Kier molecular flexibility index (Phi) is 7.44. The average Bonchev–Trinajstić information content (AvgIpc) is 2.70. The molecule has 0 bridgehead atoms. The van der Waals surface area contributed by atoms with Gasteiger partial charge in [-0.1, -0.05) is 0 Å². The number of hydrogen-bond donors (Lipinski definition) is 4. The minimum Gasteiger partial charge on any atom is -0.379 e. The minimum atomic E-state index is -0.758. The number of primary amides is 2. The monoisotopic (exact) mass is 430 g/mol. The molecule has 2 amide bonds. The van der Waals surface area contributed by atoms with E-state index in [-0.39, 0.29) is 39.9 Å². The van der Waals surface area contributed by atoms with Gasteiger partial charge in [0.1, 0.15) is 11.4 Å². The first-order chi connectivity index (χ1) is 14.6. The first-order valence-electron chi connectivity index (χ1n) is 9.27. The minimum absolute atomic E-state index is 0.0399. The van der Waals surface area contributed by atoms with Gasteiger partial charge in [-0.25, -0.2) is 0 Å². The fourth-order valence-electron chi connectivity index (χ4n) is 2.91. The normalized spacial score (nSPS) is 11.4. The zero-order valence-electron chi connectivity index (χ0n) is 16.7. The maximum absolute atomic E-state index is 11.3. The van der Waals surface area contributed by atoms with Crippen LogP contribution < -0.4 is 22.1 Å². The Morgan fingerprint density at radius 3 is 1.90 bits per heavy atom. The Labute approximate surface area is 176 Å². The van der Waals surface area contributed by atoms with Crippen molar-refractivity contribution in [3.63, 3.8) is 0 Å². The van der Waals surface area contributed by atoms with Crippen molar-refractivity contribution in [3.8, 4) is 0 Å². The van der Waals surface area contributed by atoms with Crippen LogP contribution in [0.25, 0.3) is 0 Å². The predicted octanol–water partition coefficient (Wildman–Crippen LogP) is 2.39. The molecule has 12 nitrogen and oxygen atoms in total. The highest BCUT2D eigenvalue weighted by Crippen LogP contribution is 2.27. The van der Waals surface area contributed by atoms with Gasteiger partial charge in [-0.15, -0.1) is 0 Å². The second kappa shape index (κ2) is 10.0. The Morgan fingerprint density at radius 1 is 0.935 bits per heavy atom. The van der Waals surface area contributed by atoms with Gasteiger partial charge in [-0.2, -0.15) is 0 Å². The van der Waals surface area contributed by atoms with Crippen LogP contribution in [0.4, 0.5) is 22.7 Å². The predicted molar refractivity (Wildman–Crippen MR) is 114 cm³/mol. The molecule has 0 radical (unpaired) electrons. The molecule has 6 N–H and O–H groups in total. The van der Waals surface area contributed by atoms with Gasteiger partial charge in [0.05, 0.1) is 9.85 Å². The lowest BCUT2D eigenvalue weighted by molar-refractivity contribution is -0.384. The Balaban J connectivity index is 1.96. The van der Waals surface area contributed by atoms with E-state index in [0.29, 0.717) is 19.4 Å². The van der Waals surface area contributed by atoms with Gasteiger partial charge < -0.3 is 22.1 Å². The molecular formula is C19H22N6O6. The molecule has 164 valence electrons. The summed E-state index contributed by atoms with van der Waals surface area (Å²) in [5.74, 6) is -1.51. The van der Waals surface area contributed by atoms with Crippen molar-refractivity contribution in [1.82, 2.24) is 0 Å². The van der Waals surface area contributed by atoms with Crippen molar-refractivity contribution < 1.29 is 19.4 Å². The van der Waals surface area contributed by atoms with E-state index >= 15 is 0 Å². The molecule has 2 aromatic carbocycles.